The van der Waals surface area contributed by atoms with Crippen LogP contribution in [0.15, 0.2) is 24.3 Å². The number of hydrogen-bond acceptors (Lipinski definition) is 3. The van der Waals surface area contributed by atoms with Gasteiger partial charge in [-0.15, -0.1) is 0 Å². The minimum Gasteiger partial charge on any atom is -0.301 e. The minimum atomic E-state index is -0.406. The lowest BCUT2D eigenvalue weighted by Crippen LogP contribution is -2.38. The lowest BCUT2D eigenvalue weighted by molar-refractivity contribution is -0.138. The number of hydrogen-bond donors (Lipinski definition) is 1. The summed E-state index contributed by atoms with van der Waals surface area (Å²) in [5.41, 5.74) is 0.998. The van der Waals surface area contributed by atoms with Gasteiger partial charge in [0.1, 0.15) is 0 Å². The number of halogens is 1. The Bertz CT molecular complexity index is 476. The smallest absolute Gasteiger partial charge is 0.246 e. The topological polar surface area (TPSA) is 49.4 Å². The van der Waals surface area contributed by atoms with Crippen molar-refractivity contribution >= 4 is 23.4 Å². The number of carbonyl (C=O) groups excluding carboxylic acids is 2. The maximum Gasteiger partial charge on any atom is 0.246 e. The number of carbonyl (C=O) groups is 2. The molecule has 1 aromatic rings. The van der Waals surface area contributed by atoms with Crippen molar-refractivity contribution < 1.29 is 9.59 Å². The Morgan fingerprint density at radius 2 is 2.22 bits per heavy atom. The molecular formula is C13H15ClN2O2. The fourth-order valence-electron chi connectivity index (χ4n) is 2.06. The molecule has 1 atom stereocenters. The van der Waals surface area contributed by atoms with Gasteiger partial charge in [0.15, 0.2) is 0 Å². The van der Waals surface area contributed by atoms with E-state index < -0.39 is 6.04 Å². The van der Waals surface area contributed by atoms with Gasteiger partial charge in [-0.25, -0.2) is 0 Å². The predicted molar refractivity (Wildman–Crippen MR) is 69.1 cm³/mol. The van der Waals surface area contributed by atoms with Crippen LogP contribution in [0.4, 0.5) is 0 Å². The molecule has 1 saturated heterocycles. The van der Waals surface area contributed by atoms with Gasteiger partial charge in [0.2, 0.25) is 11.8 Å². The summed E-state index contributed by atoms with van der Waals surface area (Å²) in [6.45, 7) is 2.77. The van der Waals surface area contributed by atoms with E-state index in [0.29, 0.717) is 18.1 Å². The van der Waals surface area contributed by atoms with Crippen LogP contribution < -0.4 is 5.32 Å². The van der Waals surface area contributed by atoms with Gasteiger partial charge in [0.05, 0.1) is 12.5 Å². The highest BCUT2D eigenvalue weighted by molar-refractivity contribution is 6.30. The molecule has 1 aromatic carbocycles. The van der Waals surface area contributed by atoms with Crippen LogP contribution in [0.1, 0.15) is 18.9 Å². The largest absolute Gasteiger partial charge is 0.301 e. The number of nitrogens with one attached hydrogen (secondary N) is 1. The summed E-state index contributed by atoms with van der Waals surface area (Å²) in [5.74, 6) is -0.240. The van der Waals surface area contributed by atoms with E-state index in [2.05, 4.69) is 5.32 Å². The van der Waals surface area contributed by atoms with Crippen LogP contribution in [0.2, 0.25) is 5.02 Å². The minimum absolute atomic E-state index is 0.105. The van der Waals surface area contributed by atoms with Gasteiger partial charge in [-0.3, -0.25) is 14.5 Å². The lowest BCUT2D eigenvalue weighted by Gasteiger charge is -2.13. The van der Waals surface area contributed by atoms with Crippen molar-refractivity contribution in [2.45, 2.75) is 25.9 Å². The molecule has 0 saturated carbocycles. The Labute approximate surface area is 111 Å². The molecule has 0 aliphatic carbocycles. The highest BCUT2D eigenvalue weighted by atomic mass is 35.5. The molecule has 96 valence electrons. The molecule has 18 heavy (non-hydrogen) atoms. The predicted octanol–water partition coefficient (Wildman–Crippen LogP) is 1.58. The zero-order chi connectivity index (χ0) is 13.1. The Morgan fingerprint density at radius 1 is 1.44 bits per heavy atom. The second-order valence-electron chi connectivity index (χ2n) is 4.24. The van der Waals surface area contributed by atoms with Crippen molar-refractivity contribution in [1.82, 2.24) is 10.2 Å². The van der Waals surface area contributed by atoms with E-state index in [9.17, 15) is 9.59 Å². The maximum absolute atomic E-state index is 11.9. The van der Waals surface area contributed by atoms with E-state index in [1.807, 2.05) is 18.2 Å². The number of likely N-dealkylation sites (N-methyl/N-ethyl adjacent to an activating group) is 1. The summed E-state index contributed by atoms with van der Waals surface area (Å²) in [5, 5.41) is 3.76. The summed E-state index contributed by atoms with van der Waals surface area (Å²) in [4.78, 5) is 24.7. The van der Waals surface area contributed by atoms with Crippen molar-refractivity contribution in [1.29, 1.82) is 0 Å². The molecule has 4 nitrogen and oxygen atoms in total. The molecule has 1 N–H and O–H groups in total. The Balaban J connectivity index is 1.95. The van der Waals surface area contributed by atoms with Crippen LogP contribution in [-0.2, 0) is 16.1 Å². The number of benzene rings is 1. The zero-order valence-corrected chi connectivity index (χ0v) is 10.9. The average Bonchev–Trinajstić information content (AvgIpc) is 2.61. The molecule has 1 heterocycles. The van der Waals surface area contributed by atoms with Crippen molar-refractivity contribution in [2.75, 3.05) is 6.54 Å². The van der Waals surface area contributed by atoms with Gasteiger partial charge in [-0.2, -0.15) is 0 Å². The highest BCUT2D eigenvalue weighted by Crippen LogP contribution is 2.14. The molecule has 0 spiro atoms. The molecule has 1 unspecified atom stereocenters. The molecule has 5 heteroatoms. The third kappa shape index (κ3) is 2.71. The van der Waals surface area contributed by atoms with Gasteiger partial charge in [0, 0.05) is 18.1 Å². The van der Waals surface area contributed by atoms with Crippen molar-refractivity contribution in [3.63, 3.8) is 0 Å². The fraction of sp³-hybridized carbons (Fsp3) is 0.385. The monoisotopic (exact) mass is 266 g/mol. The van der Waals surface area contributed by atoms with Crippen LogP contribution in [0.3, 0.4) is 0 Å². The Hall–Kier alpha value is -1.39. The number of nitrogens with zero attached hydrogens (tertiary/aromatic N) is 1. The van der Waals surface area contributed by atoms with E-state index in [1.54, 1.807) is 13.0 Å². The molecule has 0 radical (unpaired) electrons. The molecule has 1 fully saturated rings. The maximum atomic E-state index is 11.9. The average molecular weight is 267 g/mol. The molecule has 2 amide bonds. The van der Waals surface area contributed by atoms with Crippen LogP contribution in [0.25, 0.3) is 0 Å². The van der Waals surface area contributed by atoms with Crippen LogP contribution >= 0.6 is 11.6 Å². The van der Waals surface area contributed by atoms with Crippen LogP contribution in [-0.4, -0.2) is 29.3 Å². The first-order chi connectivity index (χ1) is 8.61. The van der Waals surface area contributed by atoms with Crippen LogP contribution in [0.5, 0.6) is 0 Å². The molecule has 0 aromatic heterocycles. The van der Waals surface area contributed by atoms with Crippen LogP contribution in [0, 0.1) is 0 Å². The Morgan fingerprint density at radius 3 is 2.83 bits per heavy atom. The summed E-state index contributed by atoms with van der Waals surface area (Å²) in [6, 6.07) is 7.02. The highest BCUT2D eigenvalue weighted by Gasteiger charge is 2.36. The van der Waals surface area contributed by atoms with Gasteiger partial charge < -0.3 is 5.32 Å². The van der Waals surface area contributed by atoms with Crippen molar-refractivity contribution in [3.8, 4) is 0 Å². The van der Waals surface area contributed by atoms with Gasteiger partial charge in [0.25, 0.3) is 0 Å². The summed E-state index contributed by atoms with van der Waals surface area (Å²) in [7, 11) is 0. The van der Waals surface area contributed by atoms with E-state index in [4.69, 9.17) is 11.6 Å². The zero-order valence-electron chi connectivity index (χ0n) is 10.1. The van der Waals surface area contributed by atoms with Gasteiger partial charge in [-0.1, -0.05) is 23.7 Å². The van der Waals surface area contributed by atoms with E-state index in [1.165, 1.54) is 4.90 Å². The van der Waals surface area contributed by atoms with E-state index >= 15 is 0 Å². The molecule has 1 aliphatic heterocycles. The number of likely N-dealkylation sites (tertiary alicyclic amines) is 1. The number of rotatable bonds is 4. The first kappa shape index (κ1) is 13.1. The molecule has 2 rings (SSSR count). The first-order valence-corrected chi connectivity index (χ1v) is 6.31. The van der Waals surface area contributed by atoms with Crippen molar-refractivity contribution in [3.05, 3.63) is 34.9 Å². The second-order valence-corrected chi connectivity index (χ2v) is 4.68. The molecule has 1 aliphatic rings. The standard InChI is InChI=1S/C13H15ClN2O2/c1-2-16-12(17)7-11(13(16)18)15-8-9-4-3-5-10(14)6-9/h3-6,11,15H,2,7-8H2,1H3. The lowest BCUT2D eigenvalue weighted by atomic mass is 10.2. The second kappa shape index (κ2) is 5.50. The fourth-order valence-corrected chi connectivity index (χ4v) is 2.28. The Kier molecular flexibility index (Phi) is 3.99. The first-order valence-electron chi connectivity index (χ1n) is 5.94. The summed E-state index contributed by atoms with van der Waals surface area (Å²) < 4.78 is 0. The third-order valence-electron chi connectivity index (χ3n) is 3.00. The van der Waals surface area contributed by atoms with Crippen molar-refractivity contribution in [2.24, 2.45) is 0 Å². The number of imide groups is 1. The SMILES string of the molecule is CCN1C(=O)CC(NCc2cccc(Cl)c2)C1=O. The third-order valence-corrected chi connectivity index (χ3v) is 3.24. The molecular weight excluding hydrogens is 252 g/mol. The van der Waals surface area contributed by atoms with E-state index in [-0.39, 0.29) is 18.2 Å². The summed E-state index contributed by atoms with van der Waals surface area (Å²) >= 11 is 5.88. The molecule has 0 bridgehead atoms. The van der Waals surface area contributed by atoms with E-state index in [0.717, 1.165) is 5.56 Å². The summed E-state index contributed by atoms with van der Waals surface area (Å²) in [6.07, 6.45) is 0.243. The van der Waals surface area contributed by atoms with Gasteiger partial charge in [-0.05, 0) is 24.6 Å². The van der Waals surface area contributed by atoms with Gasteiger partial charge >= 0.3 is 0 Å². The quantitative estimate of drug-likeness (QED) is 0.842. The normalized spacial score (nSPS) is 19.7. The number of amides is 2.